The normalized spacial score (nSPS) is 29.1. The van der Waals surface area contributed by atoms with Gasteiger partial charge in [0.25, 0.3) is 0 Å². The van der Waals surface area contributed by atoms with Crippen LogP contribution in [0.5, 0.6) is 0 Å². The molecule has 0 saturated carbocycles. The Kier molecular flexibility index (Phi) is 2.71. The SMILES string of the molecule is O=[C]C1CCCOCC1. The van der Waals surface area contributed by atoms with E-state index in [9.17, 15) is 4.79 Å². The first-order chi connectivity index (χ1) is 4.43. The average molecular weight is 127 g/mol. The molecule has 0 aromatic carbocycles. The van der Waals surface area contributed by atoms with E-state index in [4.69, 9.17) is 4.74 Å². The Labute approximate surface area is 55.2 Å². The van der Waals surface area contributed by atoms with Crippen molar-refractivity contribution in [2.45, 2.75) is 19.3 Å². The first-order valence-corrected chi connectivity index (χ1v) is 3.39. The molecule has 1 saturated heterocycles. The fraction of sp³-hybridized carbons (Fsp3) is 0.857. The maximum Gasteiger partial charge on any atom is 0.201 e. The highest BCUT2D eigenvalue weighted by molar-refractivity contribution is 5.54. The Hall–Kier alpha value is -0.370. The number of carbonyl (C=O) groups excluding carboxylic acids is 1. The molecule has 0 bridgehead atoms. The van der Waals surface area contributed by atoms with Crippen molar-refractivity contribution in [1.82, 2.24) is 0 Å². The van der Waals surface area contributed by atoms with E-state index >= 15 is 0 Å². The van der Waals surface area contributed by atoms with E-state index in [0.29, 0.717) is 0 Å². The van der Waals surface area contributed by atoms with Crippen molar-refractivity contribution in [1.29, 1.82) is 0 Å². The molecule has 1 aliphatic heterocycles. The minimum atomic E-state index is 0.146. The van der Waals surface area contributed by atoms with Crippen LogP contribution < -0.4 is 0 Å². The minimum Gasteiger partial charge on any atom is -0.381 e. The van der Waals surface area contributed by atoms with E-state index in [1.807, 2.05) is 6.29 Å². The summed E-state index contributed by atoms with van der Waals surface area (Å²) in [6.07, 6.45) is 4.85. The number of hydrogen-bond donors (Lipinski definition) is 0. The monoisotopic (exact) mass is 127 g/mol. The van der Waals surface area contributed by atoms with Crippen LogP contribution >= 0.6 is 0 Å². The second-order valence-corrected chi connectivity index (χ2v) is 2.36. The molecule has 2 nitrogen and oxygen atoms in total. The van der Waals surface area contributed by atoms with Crippen molar-refractivity contribution in [3.8, 4) is 0 Å². The molecular formula is C7H11O2. The second-order valence-electron chi connectivity index (χ2n) is 2.36. The lowest BCUT2D eigenvalue weighted by Crippen LogP contribution is -2.01. The molecule has 0 aliphatic carbocycles. The van der Waals surface area contributed by atoms with Crippen LogP contribution in [0.15, 0.2) is 0 Å². The molecule has 1 atom stereocenters. The fourth-order valence-electron chi connectivity index (χ4n) is 1.02. The summed E-state index contributed by atoms with van der Waals surface area (Å²) in [7, 11) is 0. The van der Waals surface area contributed by atoms with Gasteiger partial charge in [0.05, 0.1) is 0 Å². The van der Waals surface area contributed by atoms with Crippen LogP contribution in [0.4, 0.5) is 0 Å². The summed E-state index contributed by atoms with van der Waals surface area (Å²) in [5.41, 5.74) is 0. The van der Waals surface area contributed by atoms with Crippen LogP contribution in [0, 0.1) is 5.92 Å². The zero-order valence-corrected chi connectivity index (χ0v) is 5.43. The van der Waals surface area contributed by atoms with Gasteiger partial charge < -0.3 is 4.74 Å². The Bertz CT molecular complexity index is 82.9. The van der Waals surface area contributed by atoms with Gasteiger partial charge in [-0.25, -0.2) is 0 Å². The summed E-state index contributed by atoms with van der Waals surface area (Å²) in [5.74, 6) is 0.146. The van der Waals surface area contributed by atoms with Crippen molar-refractivity contribution in [2.24, 2.45) is 5.92 Å². The van der Waals surface area contributed by atoms with E-state index < -0.39 is 0 Å². The van der Waals surface area contributed by atoms with Gasteiger partial charge in [0, 0.05) is 19.1 Å². The Balaban J connectivity index is 2.26. The third-order valence-corrected chi connectivity index (χ3v) is 1.62. The van der Waals surface area contributed by atoms with Gasteiger partial charge in [-0.05, 0) is 19.3 Å². The minimum absolute atomic E-state index is 0.146. The summed E-state index contributed by atoms with van der Waals surface area (Å²) < 4.78 is 5.15. The van der Waals surface area contributed by atoms with Gasteiger partial charge in [0.1, 0.15) is 0 Å². The van der Waals surface area contributed by atoms with Gasteiger partial charge in [-0.3, -0.25) is 4.79 Å². The summed E-state index contributed by atoms with van der Waals surface area (Å²) in [6.45, 7) is 1.55. The lowest BCUT2D eigenvalue weighted by atomic mass is 10.0. The molecule has 1 aliphatic rings. The van der Waals surface area contributed by atoms with E-state index in [2.05, 4.69) is 0 Å². The number of ether oxygens (including phenoxy) is 1. The van der Waals surface area contributed by atoms with Gasteiger partial charge in [-0.2, -0.15) is 0 Å². The zero-order valence-electron chi connectivity index (χ0n) is 5.43. The number of hydrogen-bond acceptors (Lipinski definition) is 2. The summed E-state index contributed by atoms with van der Waals surface area (Å²) in [5, 5.41) is 0. The molecule has 0 aromatic rings. The first-order valence-electron chi connectivity index (χ1n) is 3.39. The van der Waals surface area contributed by atoms with Gasteiger partial charge in [0.15, 0.2) is 0 Å². The second kappa shape index (κ2) is 3.62. The van der Waals surface area contributed by atoms with Crippen molar-refractivity contribution < 1.29 is 9.53 Å². The standard InChI is InChI=1S/C7H11O2/c8-6-7-2-1-4-9-5-3-7/h7H,1-5H2. The molecule has 1 heterocycles. The van der Waals surface area contributed by atoms with Crippen LogP contribution in [0.3, 0.4) is 0 Å². The molecule has 9 heavy (non-hydrogen) atoms. The topological polar surface area (TPSA) is 26.3 Å². The smallest absolute Gasteiger partial charge is 0.201 e. The van der Waals surface area contributed by atoms with Crippen LogP contribution in [-0.2, 0) is 9.53 Å². The molecule has 1 rings (SSSR count). The van der Waals surface area contributed by atoms with Crippen molar-refractivity contribution in [3.63, 3.8) is 0 Å². The Morgan fingerprint density at radius 2 is 2.22 bits per heavy atom. The van der Waals surface area contributed by atoms with Crippen LogP contribution in [0.1, 0.15) is 19.3 Å². The molecule has 51 valence electrons. The fourth-order valence-corrected chi connectivity index (χ4v) is 1.02. The van der Waals surface area contributed by atoms with Crippen LogP contribution in [0.2, 0.25) is 0 Å². The highest BCUT2D eigenvalue weighted by atomic mass is 16.5. The predicted octanol–water partition coefficient (Wildman–Crippen LogP) is 0.913. The number of rotatable bonds is 1. The lowest BCUT2D eigenvalue weighted by Gasteiger charge is -1.99. The molecule has 0 N–H and O–H groups in total. The van der Waals surface area contributed by atoms with E-state index in [0.717, 1.165) is 32.5 Å². The molecule has 0 spiro atoms. The van der Waals surface area contributed by atoms with Crippen molar-refractivity contribution in [2.75, 3.05) is 13.2 Å². The van der Waals surface area contributed by atoms with Gasteiger partial charge in [-0.1, -0.05) is 0 Å². The molecule has 1 unspecified atom stereocenters. The van der Waals surface area contributed by atoms with Gasteiger partial charge in [0.2, 0.25) is 6.29 Å². The highest BCUT2D eigenvalue weighted by Gasteiger charge is 2.10. The van der Waals surface area contributed by atoms with Crippen molar-refractivity contribution in [3.05, 3.63) is 0 Å². The van der Waals surface area contributed by atoms with Crippen molar-refractivity contribution >= 4 is 6.29 Å². The molecule has 1 radical (unpaired) electrons. The highest BCUT2D eigenvalue weighted by Crippen LogP contribution is 2.12. The third-order valence-electron chi connectivity index (χ3n) is 1.62. The Morgan fingerprint density at radius 3 is 3.00 bits per heavy atom. The Morgan fingerprint density at radius 1 is 1.33 bits per heavy atom. The zero-order chi connectivity index (χ0) is 6.53. The predicted molar refractivity (Wildman–Crippen MR) is 33.9 cm³/mol. The average Bonchev–Trinajstić information content (AvgIpc) is 2.13. The van der Waals surface area contributed by atoms with E-state index in [-0.39, 0.29) is 5.92 Å². The van der Waals surface area contributed by atoms with Crippen LogP contribution in [-0.4, -0.2) is 19.5 Å². The molecule has 1 fully saturated rings. The maximum absolute atomic E-state index is 10.1. The quantitative estimate of drug-likeness (QED) is 0.523. The summed E-state index contributed by atoms with van der Waals surface area (Å²) in [6, 6.07) is 0. The molecular weight excluding hydrogens is 116 g/mol. The third kappa shape index (κ3) is 2.14. The largest absolute Gasteiger partial charge is 0.381 e. The van der Waals surface area contributed by atoms with Crippen LogP contribution in [0.25, 0.3) is 0 Å². The maximum atomic E-state index is 10.1. The summed E-state index contributed by atoms with van der Waals surface area (Å²) >= 11 is 0. The summed E-state index contributed by atoms with van der Waals surface area (Å²) in [4.78, 5) is 10.1. The lowest BCUT2D eigenvalue weighted by molar-refractivity contribution is 0.143. The molecule has 2 heteroatoms. The van der Waals surface area contributed by atoms with Gasteiger partial charge in [-0.15, -0.1) is 0 Å². The molecule has 0 amide bonds. The van der Waals surface area contributed by atoms with Gasteiger partial charge >= 0.3 is 0 Å². The first kappa shape index (κ1) is 6.75. The van der Waals surface area contributed by atoms with E-state index in [1.54, 1.807) is 0 Å². The van der Waals surface area contributed by atoms with E-state index in [1.165, 1.54) is 0 Å². The molecule has 0 aromatic heterocycles.